The van der Waals surface area contributed by atoms with E-state index in [-0.39, 0.29) is 13.0 Å². The van der Waals surface area contributed by atoms with Crippen molar-refractivity contribution in [2.75, 3.05) is 6.61 Å². The molecule has 0 radical (unpaired) electrons. The van der Waals surface area contributed by atoms with E-state index < -0.39 is 12.6 Å². The minimum absolute atomic E-state index is 0.00724. The second kappa shape index (κ2) is 10.1. The van der Waals surface area contributed by atoms with Gasteiger partial charge in [-0.25, -0.2) is 0 Å². The molecular formula is C21H31F3O. The molecule has 2 rings (SSSR count). The van der Waals surface area contributed by atoms with Crippen LogP contribution < -0.4 is 4.74 Å². The van der Waals surface area contributed by atoms with Crippen LogP contribution in [0.2, 0.25) is 0 Å². The lowest BCUT2D eigenvalue weighted by Gasteiger charge is -2.29. The quantitative estimate of drug-likeness (QED) is 0.423. The molecule has 0 amide bonds. The lowest BCUT2D eigenvalue weighted by atomic mass is 9.77. The lowest BCUT2D eigenvalue weighted by Crippen LogP contribution is -2.13. The highest BCUT2D eigenvalue weighted by atomic mass is 19.4. The summed E-state index contributed by atoms with van der Waals surface area (Å²) in [6, 6.07) is 7.97. The summed E-state index contributed by atoms with van der Waals surface area (Å²) in [6.07, 6.45) is 5.67. The molecule has 0 atom stereocenters. The number of alkyl halides is 3. The first-order chi connectivity index (χ1) is 12.0. The van der Waals surface area contributed by atoms with E-state index in [4.69, 9.17) is 4.74 Å². The summed E-state index contributed by atoms with van der Waals surface area (Å²) in [5.74, 6) is 2.19. The summed E-state index contributed by atoms with van der Waals surface area (Å²) >= 11 is 0. The summed E-state index contributed by atoms with van der Waals surface area (Å²) in [7, 11) is 0. The topological polar surface area (TPSA) is 9.23 Å². The van der Waals surface area contributed by atoms with Crippen LogP contribution in [-0.4, -0.2) is 12.8 Å². The summed E-state index contributed by atoms with van der Waals surface area (Å²) in [5.41, 5.74) is 1.34. The monoisotopic (exact) mass is 356 g/mol. The number of hydrogen-bond acceptors (Lipinski definition) is 1. The Kier molecular flexibility index (Phi) is 8.11. The molecule has 25 heavy (non-hydrogen) atoms. The fourth-order valence-electron chi connectivity index (χ4n) is 3.77. The van der Waals surface area contributed by atoms with E-state index in [0.717, 1.165) is 5.92 Å². The van der Waals surface area contributed by atoms with Crippen molar-refractivity contribution in [3.63, 3.8) is 0 Å². The van der Waals surface area contributed by atoms with Gasteiger partial charge >= 0.3 is 6.18 Å². The molecule has 0 bridgehead atoms. The van der Waals surface area contributed by atoms with Crippen LogP contribution in [0.25, 0.3) is 0 Å². The molecule has 0 heterocycles. The van der Waals surface area contributed by atoms with E-state index in [1.54, 1.807) is 0 Å². The third-order valence-corrected chi connectivity index (χ3v) is 5.29. The van der Waals surface area contributed by atoms with E-state index in [0.29, 0.717) is 11.7 Å². The molecule has 1 saturated carbocycles. The van der Waals surface area contributed by atoms with Crippen LogP contribution in [0.5, 0.6) is 5.75 Å². The predicted molar refractivity (Wildman–Crippen MR) is 96.1 cm³/mol. The third kappa shape index (κ3) is 7.70. The van der Waals surface area contributed by atoms with Gasteiger partial charge in [-0.2, -0.15) is 13.2 Å². The van der Waals surface area contributed by atoms with Crippen molar-refractivity contribution in [2.24, 2.45) is 5.92 Å². The Morgan fingerprint density at radius 3 is 2.24 bits per heavy atom. The Morgan fingerprint density at radius 1 is 0.960 bits per heavy atom. The smallest absolute Gasteiger partial charge is 0.389 e. The summed E-state index contributed by atoms with van der Waals surface area (Å²) in [4.78, 5) is 0. The van der Waals surface area contributed by atoms with Crippen LogP contribution in [-0.2, 0) is 0 Å². The van der Waals surface area contributed by atoms with Crippen molar-refractivity contribution in [3.05, 3.63) is 29.8 Å². The number of benzene rings is 1. The Hall–Kier alpha value is -1.19. The van der Waals surface area contributed by atoms with Gasteiger partial charge in [0, 0.05) is 6.42 Å². The summed E-state index contributed by atoms with van der Waals surface area (Å²) in [6.45, 7) is 2.36. The Balaban J connectivity index is 1.70. The molecule has 0 spiro atoms. The number of halogens is 3. The Bertz CT molecular complexity index is 473. The highest BCUT2D eigenvalue weighted by molar-refractivity contribution is 5.29. The maximum absolute atomic E-state index is 12.1. The minimum atomic E-state index is -4.09. The lowest BCUT2D eigenvalue weighted by molar-refractivity contribution is -0.136. The molecule has 0 aromatic heterocycles. The van der Waals surface area contributed by atoms with Crippen molar-refractivity contribution in [3.8, 4) is 5.75 Å². The molecule has 0 aliphatic heterocycles. The maximum Gasteiger partial charge on any atom is 0.389 e. The number of unbranched alkanes of at least 4 members (excludes halogenated alkanes) is 2. The van der Waals surface area contributed by atoms with Gasteiger partial charge in [-0.15, -0.1) is 0 Å². The minimum Gasteiger partial charge on any atom is -0.494 e. The highest BCUT2D eigenvalue weighted by Gasteiger charge is 2.26. The van der Waals surface area contributed by atoms with Crippen molar-refractivity contribution in [1.29, 1.82) is 0 Å². The van der Waals surface area contributed by atoms with Crippen LogP contribution in [0.4, 0.5) is 13.2 Å². The zero-order valence-corrected chi connectivity index (χ0v) is 15.3. The fraction of sp³-hybridized carbons (Fsp3) is 0.714. The first kappa shape index (κ1) is 20.1. The third-order valence-electron chi connectivity index (χ3n) is 5.29. The molecule has 1 aliphatic carbocycles. The van der Waals surface area contributed by atoms with Crippen LogP contribution in [0.15, 0.2) is 24.3 Å². The summed E-state index contributed by atoms with van der Waals surface area (Å²) < 4.78 is 41.7. The van der Waals surface area contributed by atoms with Crippen molar-refractivity contribution in [2.45, 2.75) is 83.2 Å². The zero-order chi connectivity index (χ0) is 18.1. The van der Waals surface area contributed by atoms with Gasteiger partial charge in [0.1, 0.15) is 5.75 Å². The molecule has 0 saturated heterocycles. The molecule has 1 aromatic carbocycles. The van der Waals surface area contributed by atoms with Gasteiger partial charge < -0.3 is 4.74 Å². The fourth-order valence-corrected chi connectivity index (χ4v) is 3.77. The standard InChI is InChI=1S/C21H31F3O/c1-2-3-4-6-17-7-9-18(10-8-17)19-11-13-20(14-12-19)25-16-5-15-21(22,23)24/h11-14,17-18H,2-10,15-16H2,1H3. The van der Waals surface area contributed by atoms with Gasteiger partial charge in [0.2, 0.25) is 0 Å². The van der Waals surface area contributed by atoms with Gasteiger partial charge in [-0.05, 0) is 61.6 Å². The number of hydrogen-bond donors (Lipinski definition) is 0. The van der Waals surface area contributed by atoms with Crippen LogP contribution in [0.1, 0.15) is 82.6 Å². The molecule has 4 heteroatoms. The zero-order valence-electron chi connectivity index (χ0n) is 15.3. The molecule has 1 nitrogen and oxygen atoms in total. The Labute approximate surface area is 150 Å². The van der Waals surface area contributed by atoms with Crippen LogP contribution >= 0.6 is 0 Å². The second-order valence-corrected chi connectivity index (χ2v) is 7.35. The molecule has 1 aliphatic rings. The average Bonchev–Trinajstić information content (AvgIpc) is 2.59. The Morgan fingerprint density at radius 2 is 1.64 bits per heavy atom. The highest BCUT2D eigenvalue weighted by Crippen LogP contribution is 2.38. The van der Waals surface area contributed by atoms with Crippen molar-refractivity contribution < 1.29 is 17.9 Å². The predicted octanol–water partition coefficient (Wildman–Crippen LogP) is 7.26. The van der Waals surface area contributed by atoms with E-state index in [1.165, 1.54) is 56.9 Å². The molecule has 1 aromatic rings. The first-order valence-corrected chi connectivity index (χ1v) is 9.77. The molecule has 142 valence electrons. The van der Waals surface area contributed by atoms with Crippen molar-refractivity contribution >= 4 is 0 Å². The SMILES string of the molecule is CCCCCC1CCC(c2ccc(OCCCC(F)(F)F)cc2)CC1. The normalized spacial score (nSPS) is 21.3. The van der Waals surface area contributed by atoms with Gasteiger partial charge in [0.05, 0.1) is 6.61 Å². The summed E-state index contributed by atoms with van der Waals surface area (Å²) in [5, 5.41) is 0. The second-order valence-electron chi connectivity index (χ2n) is 7.35. The van der Waals surface area contributed by atoms with Gasteiger partial charge in [-0.3, -0.25) is 0 Å². The number of rotatable bonds is 9. The van der Waals surface area contributed by atoms with E-state index in [2.05, 4.69) is 19.1 Å². The van der Waals surface area contributed by atoms with E-state index >= 15 is 0 Å². The number of ether oxygens (including phenoxy) is 1. The van der Waals surface area contributed by atoms with Crippen molar-refractivity contribution in [1.82, 2.24) is 0 Å². The molecule has 1 fully saturated rings. The van der Waals surface area contributed by atoms with Gasteiger partial charge in [0.15, 0.2) is 0 Å². The molecule has 0 N–H and O–H groups in total. The van der Waals surface area contributed by atoms with Gasteiger partial charge in [-0.1, -0.05) is 44.7 Å². The average molecular weight is 356 g/mol. The first-order valence-electron chi connectivity index (χ1n) is 9.77. The van der Waals surface area contributed by atoms with Crippen LogP contribution in [0.3, 0.4) is 0 Å². The van der Waals surface area contributed by atoms with E-state index in [9.17, 15) is 13.2 Å². The maximum atomic E-state index is 12.1. The molecule has 0 unspecified atom stereocenters. The van der Waals surface area contributed by atoms with Gasteiger partial charge in [0.25, 0.3) is 0 Å². The van der Waals surface area contributed by atoms with E-state index in [1.807, 2.05) is 12.1 Å². The largest absolute Gasteiger partial charge is 0.494 e. The van der Waals surface area contributed by atoms with Crippen LogP contribution in [0, 0.1) is 5.92 Å². The molecular weight excluding hydrogens is 325 g/mol.